The van der Waals surface area contributed by atoms with Crippen molar-refractivity contribution in [3.63, 3.8) is 0 Å². The minimum absolute atomic E-state index is 0.907. The van der Waals surface area contributed by atoms with Crippen LogP contribution < -0.4 is 0 Å². The average molecular weight is 347 g/mol. The first-order chi connectivity index (χ1) is 13.4. The lowest BCUT2D eigenvalue weighted by Gasteiger charge is -2.16. The van der Waals surface area contributed by atoms with E-state index in [2.05, 4.69) is 46.7 Å². The second-order valence-corrected chi connectivity index (χ2v) is 6.14. The van der Waals surface area contributed by atoms with Crippen LogP contribution in [0.3, 0.4) is 0 Å². The van der Waals surface area contributed by atoms with E-state index >= 15 is 0 Å². The van der Waals surface area contributed by atoms with Gasteiger partial charge >= 0.3 is 0 Å². The summed E-state index contributed by atoms with van der Waals surface area (Å²) >= 11 is 0. The number of nitrogens with zero attached hydrogens (tertiary/aromatic N) is 2. The summed E-state index contributed by atoms with van der Waals surface area (Å²) in [4.78, 5) is 4.62. The van der Waals surface area contributed by atoms with Gasteiger partial charge in [0.15, 0.2) is 0 Å². The number of para-hydroxylation sites is 2. The van der Waals surface area contributed by atoms with Gasteiger partial charge in [0.05, 0.1) is 0 Å². The Hall–Kier alpha value is -3.65. The maximum absolute atomic E-state index is 4.62. The highest BCUT2D eigenvalue weighted by atomic mass is 14.9. The van der Waals surface area contributed by atoms with Crippen molar-refractivity contribution in [3.05, 3.63) is 115 Å². The predicted molar refractivity (Wildman–Crippen MR) is 115 cm³/mol. The van der Waals surface area contributed by atoms with Crippen LogP contribution in [0.1, 0.15) is 0 Å². The van der Waals surface area contributed by atoms with E-state index in [9.17, 15) is 0 Å². The van der Waals surface area contributed by atoms with E-state index in [0.717, 1.165) is 33.6 Å². The lowest BCUT2D eigenvalue weighted by atomic mass is 10.0. The molecule has 2 nitrogen and oxygen atoms in total. The standard InChI is InChI=1S/C25H19N2/c1-3-11-20(12-4-1)22-15-7-9-17-24(22)26-19-27-25-18-10-8-16-23(25)21-13-5-2-6-14-21/h1-19H/q-1. The van der Waals surface area contributed by atoms with E-state index in [1.54, 1.807) is 6.34 Å². The molecule has 4 rings (SSSR count). The monoisotopic (exact) mass is 347 g/mol. The van der Waals surface area contributed by atoms with Crippen LogP contribution in [0.25, 0.3) is 27.6 Å². The van der Waals surface area contributed by atoms with Crippen molar-refractivity contribution >= 4 is 17.7 Å². The first kappa shape index (κ1) is 16.8. The average Bonchev–Trinajstić information content (AvgIpc) is 2.76. The summed E-state index contributed by atoms with van der Waals surface area (Å²) < 4.78 is 0. The summed E-state index contributed by atoms with van der Waals surface area (Å²) in [5, 5.41) is 4.62. The Balaban J connectivity index is 1.60. The Morgan fingerprint density at radius 1 is 0.519 bits per heavy atom. The number of rotatable bonds is 5. The highest BCUT2D eigenvalue weighted by Crippen LogP contribution is 2.33. The predicted octanol–water partition coefficient (Wildman–Crippen LogP) is 7.39. The molecule has 0 spiro atoms. The SMILES string of the molecule is C(=Nc1ccccc1-c1ccccc1)[N-]c1ccccc1-c1ccccc1. The molecule has 0 fully saturated rings. The van der Waals surface area contributed by atoms with Gasteiger partial charge in [-0.05, 0) is 33.6 Å². The molecular weight excluding hydrogens is 328 g/mol. The van der Waals surface area contributed by atoms with Gasteiger partial charge in [-0.3, -0.25) is 0 Å². The van der Waals surface area contributed by atoms with Crippen molar-refractivity contribution in [2.24, 2.45) is 4.99 Å². The van der Waals surface area contributed by atoms with E-state index in [4.69, 9.17) is 0 Å². The zero-order valence-corrected chi connectivity index (χ0v) is 14.9. The molecule has 0 amide bonds. The van der Waals surface area contributed by atoms with E-state index in [1.807, 2.05) is 72.8 Å². The highest BCUT2D eigenvalue weighted by Gasteiger charge is 2.00. The lowest BCUT2D eigenvalue weighted by molar-refractivity contribution is 1.51. The smallest absolute Gasteiger partial charge is 0.0152 e. The van der Waals surface area contributed by atoms with Gasteiger partial charge in [0.1, 0.15) is 0 Å². The van der Waals surface area contributed by atoms with Gasteiger partial charge in [-0.15, -0.1) is 0 Å². The summed E-state index contributed by atoms with van der Waals surface area (Å²) in [6.07, 6.45) is 1.64. The molecular formula is C25H19N2-. The molecule has 0 N–H and O–H groups in total. The summed E-state index contributed by atoms with van der Waals surface area (Å²) in [6.45, 7) is 0. The van der Waals surface area contributed by atoms with Crippen LogP contribution in [0, 0.1) is 0 Å². The van der Waals surface area contributed by atoms with E-state index in [-0.39, 0.29) is 0 Å². The molecule has 2 heteroatoms. The van der Waals surface area contributed by atoms with Gasteiger partial charge in [-0.1, -0.05) is 116 Å². The normalized spacial score (nSPS) is 10.8. The molecule has 0 radical (unpaired) electrons. The van der Waals surface area contributed by atoms with Crippen molar-refractivity contribution in [3.8, 4) is 22.3 Å². The Morgan fingerprint density at radius 2 is 1.04 bits per heavy atom. The number of aliphatic imine (C=N–C) groups is 1. The molecule has 0 saturated heterocycles. The van der Waals surface area contributed by atoms with Gasteiger partial charge in [0.25, 0.3) is 0 Å². The van der Waals surface area contributed by atoms with E-state index in [0.29, 0.717) is 0 Å². The molecule has 0 aliphatic rings. The third-order valence-corrected chi connectivity index (χ3v) is 4.37. The van der Waals surface area contributed by atoms with E-state index in [1.165, 1.54) is 0 Å². The largest absolute Gasteiger partial charge is 0.443 e. The summed E-state index contributed by atoms with van der Waals surface area (Å²) in [5.41, 5.74) is 6.31. The maximum Gasteiger partial charge on any atom is -0.0152 e. The molecule has 4 aromatic rings. The van der Waals surface area contributed by atoms with Gasteiger partial charge < -0.3 is 10.3 Å². The third kappa shape index (κ3) is 3.96. The van der Waals surface area contributed by atoms with Crippen molar-refractivity contribution < 1.29 is 0 Å². The lowest BCUT2D eigenvalue weighted by Crippen LogP contribution is -1.81. The first-order valence-electron chi connectivity index (χ1n) is 8.94. The van der Waals surface area contributed by atoms with Crippen molar-refractivity contribution in [2.45, 2.75) is 0 Å². The molecule has 27 heavy (non-hydrogen) atoms. The number of hydrogen-bond acceptors (Lipinski definition) is 1. The van der Waals surface area contributed by atoms with Crippen LogP contribution >= 0.6 is 0 Å². The molecule has 0 aliphatic carbocycles. The molecule has 0 aliphatic heterocycles. The van der Waals surface area contributed by atoms with Gasteiger partial charge in [0.2, 0.25) is 0 Å². The van der Waals surface area contributed by atoms with Crippen molar-refractivity contribution in [1.29, 1.82) is 0 Å². The van der Waals surface area contributed by atoms with Crippen molar-refractivity contribution in [2.75, 3.05) is 0 Å². The third-order valence-electron chi connectivity index (χ3n) is 4.37. The van der Waals surface area contributed by atoms with Gasteiger partial charge in [-0.25, -0.2) is 0 Å². The fraction of sp³-hybridized carbons (Fsp3) is 0. The second-order valence-electron chi connectivity index (χ2n) is 6.14. The van der Waals surface area contributed by atoms with Crippen LogP contribution in [0.5, 0.6) is 0 Å². The topological polar surface area (TPSA) is 26.5 Å². The molecule has 0 unspecified atom stereocenters. The molecule has 0 heterocycles. The van der Waals surface area contributed by atoms with Crippen LogP contribution in [0.2, 0.25) is 0 Å². The Kier molecular flexibility index (Phi) is 5.07. The van der Waals surface area contributed by atoms with Crippen molar-refractivity contribution in [1.82, 2.24) is 0 Å². The molecule has 0 saturated carbocycles. The van der Waals surface area contributed by atoms with Crippen LogP contribution in [-0.4, -0.2) is 6.34 Å². The molecule has 4 aromatic carbocycles. The Morgan fingerprint density at radius 3 is 1.74 bits per heavy atom. The van der Waals surface area contributed by atoms with Gasteiger partial charge in [0, 0.05) is 0 Å². The zero-order valence-electron chi connectivity index (χ0n) is 14.9. The molecule has 0 bridgehead atoms. The van der Waals surface area contributed by atoms with Crippen LogP contribution in [0.15, 0.2) is 114 Å². The fourth-order valence-corrected chi connectivity index (χ4v) is 3.05. The zero-order chi connectivity index (χ0) is 18.3. The quantitative estimate of drug-likeness (QED) is 0.266. The Bertz CT molecular complexity index is 1040. The fourth-order valence-electron chi connectivity index (χ4n) is 3.05. The molecule has 130 valence electrons. The minimum atomic E-state index is 0.907. The van der Waals surface area contributed by atoms with E-state index < -0.39 is 0 Å². The Labute approximate surface area is 159 Å². The van der Waals surface area contributed by atoms with Crippen LogP contribution in [-0.2, 0) is 0 Å². The number of benzene rings is 4. The first-order valence-corrected chi connectivity index (χ1v) is 8.94. The summed E-state index contributed by atoms with van der Waals surface area (Å²) in [6, 6.07) is 36.8. The highest BCUT2D eigenvalue weighted by molar-refractivity contribution is 5.93. The number of hydrogen-bond donors (Lipinski definition) is 0. The van der Waals surface area contributed by atoms with Gasteiger partial charge in [-0.2, -0.15) is 0 Å². The van der Waals surface area contributed by atoms with Crippen LogP contribution in [0.4, 0.5) is 11.4 Å². The molecule has 0 aromatic heterocycles. The summed E-state index contributed by atoms with van der Waals surface area (Å²) in [7, 11) is 0. The minimum Gasteiger partial charge on any atom is -0.443 e. The summed E-state index contributed by atoms with van der Waals surface area (Å²) in [5.74, 6) is 0. The molecule has 0 atom stereocenters. The second kappa shape index (κ2) is 8.15. The maximum atomic E-state index is 4.62.